The Kier molecular flexibility index (Phi) is 4.69. The molecule has 0 aliphatic carbocycles. The summed E-state index contributed by atoms with van der Waals surface area (Å²) < 4.78 is 55.0. The summed E-state index contributed by atoms with van der Waals surface area (Å²) in [5, 5.41) is 0. The highest BCUT2D eigenvalue weighted by Crippen LogP contribution is 2.15. The zero-order chi connectivity index (χ0) is 15.5. The lowest BCUT2D eigenvalue weighted by atomic mass is 10.1. The average Bonchev–Trinajstić information content (AvgIpc) is 2.44. The molecular formula is C15H14F2O3S. The summed E-state index contributed by atoms with van der Waals surface area (Å²) in [5.41, 5.74) is 1.00. The van der Waals surface area contributed by atoms with Gasteiger partial charge in [0.25, 0.3) is 10.1 Å². The zero-order valence-corrected chi connectivity index (χ0v) is 12.2. The standard InChI is InChI=1S/C15H14F2O3S/c1-11-5-7-13(8-6-11)21(18,19)20-10-9-12-3-2-4-14(16)15(12)17/h2-8H,9-10H2,1H3. The SMILES string of the molecule is Cc1ccc(S(=O)(=O)OCCc2cccc(F)c2F)cc1. The number of aryl methyl sites for hydroxylation is 1. The van der Waals surface area contributed by atoms with Crippen LogP contribution in [0, 0.1) is 18.6 Å². The Labute approximate surface area is 122 Å². The molecule has 0 fully saturated rings. The molecule has 0 saturated heterocycles. The monoisotopic (exact) mass is 312 g/mol. The fraction of sp³-hybridized carbons (Fsp3) is 0.200. The van der Waals surface area contributed by atoms with E-state index in [1.54, 1.807) is 12.1 Å². The van der Waals surface area contributed by atoms with Gasteiger partial charge in [0.1, 0.15) is 0 Å². The smallest absolute Gasteiger partial charge is 0.266 e. The van der Waals surface area contributed by atoms with Crippen molar-refractivity contribution in [3.63, 3.8) is 0 Å². The van der Waals surface area contributed by atoms with E-state index in [2.05, 4.69) is 0 Å². The van der Waals surface area contributed by atoms with Crippen molar-refractivity contribution in [2.75, 3.05) is 6.61 Å². The van der Waals surface area contributed by atoms with Crippen molar-refractivity contribution >= 4 is 10.1 Å². The molecule has 21 heavy (non-hydrogen) atoms. The summed E-state index contributed by atoms with van der Waals surface area (Å²) in [6.07, 6.45) is -0.0331. The Morgan fingerprint density at radius 3 is 2.38 bits per heavy atom. The molecule has 0 bridgehead atoms. The van der Waals surface area contributed by atoms with Crippen LogP contribution in [0.25, 0.3) is 0 Å². The normalized spacial score (nSPS) is 11.6. The summed E-state index contributed by atoms with van der Waals surface area (Å²) in [7, 11) is -3.89. The van der Waals surface area contributed by atoms with Gasteiger partial charge >= 0.3 is 0 Å². The molecule has 6 heteroatoms. The first-order valence-corrected chi connectivity index (χ1v) is 7.70. The second-order valence-electron chi connectivity index (χ2n) is 4.55. The molecule has 0 saturated carbocycles. The lowest BCUT2D eigenvalue weighted by Crippen LogP contribution is -2.10. The van der Waals surface area contributed by atoms with Crippen LogP contribution in [0.4, 0.5) is 8.78 Å². The van der Waals surface area contributed by atoms with Gasteiger partial charge in [-0.2, -0.15) is 8.42 Å². The zero-order valence-electron chi connectivity index (χ0n) is 11.3. The molecule has 0 aromatic heterocycles. The van der Waals surface area contributed by atoms with Crippen molar-refractivity contribution < 1.29 is 21.4 Å². The highest BCUT2D eigenvalue weighted by atomic mass is 32.2. The maximum absolute atomic E-state index is 13.4. The maximum atomic E-state index is 13.4. The lowest BCUT2D eigenvalue weighted by Gasteiger charge is -2.07. The van der Waals surface area contributed by atoms with Crippen LogP contribution in [0.5, 0.6) is 0 Å². The molecule has 0 N–H and O–H groups in total. The molecule has 0 aliphatic heterocycles. The molecule has 0 spiro atoms. The van der Waals surface area contributed by atoms with Gasteiger partial charge in [-0.3, -0.25) is 4.18 Å². The number of hydrogen-bond acceptors (Lipinski definition) is 3. The van der Waals surface area contributed by atoms with E-state index < -0.39 is 21.8 Å². The first kappa shape index (κ1) is 15.6. The van der Waals surface area contributed by atoms with Gasteiger partial charge < -0.3 is 0 Å². The van der Waals surface area contributed by atoms with Crippen LogP contribution in [0.2, 0.25) is 0 Å². The summed E-state index contributed by atoms with van der Waals surface area (Å²) >= 11 is 0. The third kappa shape index (κ3) is 3.86. The molecule has 3 nitrogen and oxygen atoms in total. The third-order valence-corrected chi connectivity index (χ3v) is 4.28. The second kappa shape index (κ2) is 6.32. The fourth-order valence-electron chi connectivity index (χ4n) is 1.78. The minimum absolute atomic E-state index is 0.0331. The van der Waals surface area contributed by atoms with Crippen LogP contribution in [-0.2, 0) is 20.7 Å². The van der Waals surface area contributed by atoms with Crippen molar-refractivity contribution in [3.8, 4) is 0 Å². The van der Waals surface area contributed by atoms with Crippen LogP contribution >= 0.6 is 0 Å². The molecule has 2 aromatic rings. The minimum atomic E-state index is -3.89. The minimum Gasteiger partial charge on any atom is -0.266 e. The van der Waals surface area contributed by atoms with E-state index >= 15 is 0 Å². The first-order valence-electron chi connectivity index (χ1n) is 6.29. The Hall–Kier alpha value is -1.79. The lowest BCUT2D eigenvalue weighted by molar-refractivity contribution is 0.319. The number of halogens is 2. The van der Waals surface area contributed by atoms with Crippen LogP contribution < -0.4 is 0 Å². The topological polar surface area (TPSA) is 43.4 Å². The van der Waals surface area contributed by atoms with Gasteiger partial charge in [-0.25, -0.2) is 8.78 Å². The molecule has 0 heterocycles. The van der Waals surface area contributed by atoms with Crippen molar-refractivity contribution in [1.82, 2.24) is 0 Å². The molecule has 0 atom stereocenters. The van der Waals surface area contributed by atoms with Crippen LogP contribution in [0.3, 0.4) is 0 Å². The Bertz CT molecular complexity index is 725. The molecular weight excluding hydrogens is 298 g/mol. The van der Waals surface area contributed by atoms with Gasteiger partial charge in [0.2, 0.25) is 0 Å². The molecule has 2 rings (SSSR count). The maximum Gasteiger partial charge on any atom is 0.296 e. The number of hydrogen-bond donors (Lipinski definition) is 0. The Balaban J connectivity index is 2.02. The quantitative estimate of drug-likeness (QED) is 0.796. The molecule has 2 aromatic carbocycles. The van der Waals surface area contributed by atoms with Gasteiger partial charge in [-0.15, -0.1) is 0 Å². The van der Waals surface area contributed by atoms with Crippen LogP contribution in [0.1, 0.15) is 11.1 Å². The second-order valence-corrected chi connectivity index (χ2v) is 6.17. The van der Waals surface area contributed by atoms with Gasteiger partial charge in [0.15, 0.2) is 11.6 Å². The van der Waals surface area contributed by atoms with E-state index in [9.17, 15) is 17.2 Å². The summed E-state index contributed by atoms with van der Waals surface area (Å²) in [6.45, 7) is 1.58. The van der Waals surface area contributed by atoms with Crippen molar-refractivity contribution in [3.05, 3.63) is 65.2 Å². The van der Waals surface area contributed by atoms with Gasteiger partial charge in [-0.05, 0) is 30.7 Å². The summed E-state index contributed by atoms with van der Waals surface area (Å²) in [4.78, 5) is 0.0350. The van der Waals surface area contributed by atoms with Crippen molar-refractivity contribution in [1.29, 1.82) is 0 Å². The fourth-order valence-corrected chi connectivity index (χ4v) is 2.68. The van der Waals surface area contributed by atoms with Crippen LogP contribution in [0.15, 0.2) is 47.4 Å². The van der Waals surface area contributed by atoms with Gasteiger partial charge in [-0.1, -0.05) is 29.8 Å². The van der Waals surface area contributed by atoms with E-state index in [-0.39, 0.29) is 23.5 Å². The van der Waals surface area contributed by atoms with E-state index in [4.69, 9.17) is 4.18 Å². The number of benzene rings is 2. The van der Waals surface area contributed by atoms with E-state index in [1.807, 2.05) is 6.92 Å². The van der Waals surface area contributed by atoms with Crippen molar-refractivity contribution in [2.45, 2.75) is 18.2 Å². The van der Waals surface area contributed by atoms with Crippen molar-refractivity contribution in [2.24, 2.45) is 0 Å². The van der Waals surface area contributed by atoms with E-state index in [1.165, 1.54) is 24.3 Å². The average molecular weight is 312 g/mol. The third-order valence-electron chi connectivity index (χ3n) is 2.95. The predicted molar refractivity (Wildman–Crippen MR) is 74.4 cm³/mol. The summed E-state index contributed by atoms with van der Waals surface area (Å²) in [5.74, 6) is -1.94. The molecule has 112 valence electrons. The first-order chi connectivity index (χ1) is 9.90. The molecule has 0 unspecified atom stereocenters. The van der Waals surface area contributed by atoms with Crippen LogP contribution in [-0.4, -0.2) is 15.0 Å². The molecule has 0 aliphatic rings. The van der Waals surface area contributed by atoms with E-state index in [0.717, 1.165) is 11.6 Å². The number of rotatable bonds is 5. The highest BCUT2D eigenvalue weighted by Gasteiger charge is 2.15. The Morgan fingerprint density at radius 1 is 1.05 bits per heavy atom. The predicted octanol–water partition coefficient (Wildman–Crippen LogP) is 3.22. The van der Waals surface area contributed by atoms with Gasteiger partial charge in [0.05, 0.1) is 11.5 Å². The Morgan fingerprint density at radius 2 is 1.71 bits per heavy atom. The molecule has 0 amide bonds. The van der Waals surface area contributed by atoms with E-state index in [0.29, 0.717) is 0 Å². The molecule has 0 radical (unpaired) electrons. The summed E-state index contributed by atoms with van der Waals surface area (Å²) in [6, 6.07) is 9.94. The highest BCUT2D eigenvalue weighted by molar-refractivity contribution is 7.86. The largest absolute Gasteiger partial charge is 0.296 e. The van der Waals surface area contributed by atoms with Gasteiger partial charge in [0, 0.05) is 6.42 Å².